The lowest BCUT2D eigenvalue weighted by Gasteiger charge is -2.13. The van der Waals surface area contributed by atoms with E-state index >= 15 is 0 Å². The summed E-state index contributed by atoms with van der Waals surface area (Å²) in [5.41, 5.74) is 1.52. The third-order valence-corrected chi connectivity index (χ3v) is 4.15. The number of halogens is 2. The van der Waals surface area contributed by atoms with Crippen molar-refractivity contribution in [2.45, 2.75) is 19.1 Å². The largest absolute Gasteiger partial charge is 0.493 e. The van der Waals surface area contributed by atoms with E-state index in [1.165, 1.54) is 7.11 Å². The molecule has 136 valence electrons. The minimum absolute atomic E-state index is 0.0576. The number of nitrogens with one attached hydrogen (secondary N) is 1. The molecule has 0 saturated carbocycles. The molecule has 2 rings (SSSR count). The molecule has 0 heterocycles. The second-order valence-electron chi connectivity index (χ2n) is 5.49. The predicted octanol–water partition coefficient (Wildman–Crippen LogP) is 3.67. The number of hydrogen-bond acceptors (Lipinski definition) is 3. The molecule has 0 saturated heterocycles. The lowest BCUT2D eigenvalue weighted by atomic mass is 10.1. The Balaban J connectivity index is 1.93. The number of carbonyl (C=O) groups is 1. The summed E-state index contributed by atoms with van der Waals surface area (Å²) in [4.78, 5) is 12.0. The first-order chi connectivity index (χ1) is 12.5. The highest BCUT2D eigenvalue weighted by Gasteiger charge is 2.18. The minimum atomic E-state index is -1.66. The molecule has 0 spiro atoms. The van der Waals surface area contributed by atoms with Crippen molar-refractivity contribution in [3.8, 4) is 23.8 Å². The molecular weight excluding hydrogens is 401 g/mol. The van der Waals surface area contributed by atoms with Gasteiger partial charge in [-0.2, -0.15) is 0 Å². The van der Waals surface area contributed by atoms with Crippen LogP contribution in [0.15, 0.2) is 46.9 Å². The molecule has 4 nitrogen and oxygen atoms in total. The molecule has 0 aliphatic rings. The highest BCUT2D eigenvalue weighted by molar-refractivity contribution is 9.10. The van der Waals surface area contributed by atoms with Crippen LogP contribution in [-0.2, 0) is 17.8 Å². The second kappa shape index (κ2) is 9.83. The van der Waals surface area contributed by atoms with Crippen LogP contribution in [0, 0.1) is 12.3 Å². The van der Waals surface area contributed by atoms with Crippen LogP contribution in [0.2, 0.25) is 0 Å². The zero-order chi connectivity index (χ0) is 18.9. The number of ether oxygens (including phenoxy) is 2. The third-order valence-electron chi connectivity index (χ3n) is 3.62. The summed E-state index contributed by atoms with van der Waals surface area (Å²) < 4.78 is 25.8. The molecule has 0 aliphatic carbocycles. The quantitative estimate of drug-likeness (QED) is 0.664. The van der Waals surface area contributed by atoms with Gasteiger partial charge < -0.3 is 14.8 Å². The standard InChI is InChI=1S/C20H19BrFNO3/c1-3-10-26-18-9-6-15(12-19(18)25-2)11-17(22)20(24)23-13-14-4-7-16(21)8-5-14/h1,4-9,12,17H,10-11,13H2,2H3,(H,23,24). The van der Waals surface area contributed by atoms with Crippen LogP contribution in [0.4, 0.5) is 4.39 Å². The molecular formula is C20H19BrFNO3. The van der Waals surface area contributed by atoms with E-state index in [1.807, 2.05) is 24.3 Å². The first-order valence-electron chi connectivity index (χ1n) is 7.93. The molecule has 0 fully saturated rings. The Morgan fingerprint density at radius 2 is 1.92 bits per heavy atom. The molecule has 2 aromatic rings. The molecule has 0 aromatic heterocycles. The number of carbonyl (C=O) groups excluding carboxylic acids is 1. The van der Waals surface area contributed by atoms with Crippen molar-refractivity contribution >= 4 is 21.8 Å². The van der Waals surface area contributed by atoms with Crippen molar-refractivity contribution in [3.05, 3.63) is 58.1 Å². The van der Waals surface area contributed by atoms with Crippen molar-refractivity contribution in [2.24, 2.45) is 0 Å². The van der Waals surface area contributed by atoms with E-state index < -0.39 is 12.1 Å². The highest BCUT2D eigenvalue weighted by Crippen LogP contribution is 2.28. The summed E-state index contributed by atoms with van der Waals surface area (Å²) in [7, 11) is 1.49. The summed E-state index contributed by atoms with van der Waals surface area (Å²) in [5.74, 6) is 2.63. The fourth-order valence-electron chi connectivity index (χ4n) is 2.28. The number of methoxy groups -OCH3 is 1. The van der Waals surface area contributed by atoms with Gasteiger partial charge in [0.15, 0.2) is 17.7 Å². The summed E-state index contributed by atoms with van der Waals surface area (Å²) in [5, 5.41) is 2.60. The molecule has 6 heteroatoms. The Hall–Kier alpha value is -2.52. The molecule has 2 aromatic carbocycles. The maximum absolute atomic E-state index is 14.3. The summed E-state index contributed by atoms with van der Waals surface area (Å²) in [6.45, 7) is 0.384. The molecule has 0 aliphatic heterocycles. The SMILES string of the molecule is C#CCOc1ccc(CC(F)C(=O)NCc2ccc(Br)cc2)cc1OC. The molecule has 1 atom stereocenters. The average molecular weight is 420 g/mol. The number of amides is 1. The van der Waals surface area contributed by atoms with Gasteiger partial charge in [0.25, 0.3) is 5.91 Å². The number of terminal acetylenes is 1. The number of hydrogen-bond donors (Lipinski definition) is 1. The van der Waals surface area contributed by atoms with Crippen LogP contribution in [0.5, 0.6) is 11.5 Å². The van der Waals surface area contributed by atoms with Crippen molar-refractivity contribution in [2.75, 3.05) is 13.7 Å². The van der Waals surface area contributed by atoms with Crippen LogP contribution in [0.25, 0.3) is 0 Å². The van der Waals surface area contributed by atoms with Crippen molar-refractivity contribution in [3.63, 3.8) is 0 Å². The van der Waals surface area contributed by atoms with Crippen LogP contribution >= 0.6 is 15.9 Å². The predicted molar refractivity (Wildman–Crippen MR) is 102 cm³/mol. The Bertz CT molecular complexity index is 787. The van der Waals surface area contributed by atoms with E-state index in [0.717, 1.165) is 10.0 Å². The maximum Gasteiger partial charge on any atom is 0.255 e. The van der Waals surface area contributed by atoms with Crippen molar-refractivity contribution in [1.29, 1.82) is 0 Å². The van der Waals surface area contributed by atoms with E-state index in [1.54, 1.807) is 18.2 Å². The lowest BCUT2D eigenvalue weighted by Crippen LogP contribution is -2.32. The molecule has 0 bridgehead atoms. The molecule has 1 amide bonds. The number of rotatable bonds is 8. The van der Waals surface area contributed by atoms with Gasteiger partial charge in [-0.1, -0.05) is 40.0 Å². The Morgan fingerprint density at radius 3 is 2.58 bits per heavy atom. The Labute approximate surface area is 160 Å². The zero-order valence-corrected chi connectivity index (χ0v) is 15.9. The van der Waals surface area contributed by atoms with Crippen molar-refractivity contribution in [1.82, 2.24) is 5.32 Å². The fourth-order valence-corrected chi connectivity index (χ4v) is 2.54. The van der Waals surface area contributed by atoms with E-state index in [0.29, 0.717) is 17.1 Å². The molecule has 1 N–H and O–H groups in total. The van der Waals surface area contributed by atoms with E-state index in [9.17, 15) is 9.18 Å². The second-order valence-corrected chi connectivity index (χ2v) is 6.41. The maximum atomic E-state index is 14.3. The lowest BCUT2D eigenvalue weighted by molar-refractivity contribution is -0.126. The Morgan fingerprint density at radius 1 is 1.23 bits per heavy atom. The van der Waals surface area contributed by atoms with Gasteiger partial charge in [-0.25, -0.2) is 4.39 Å². The van der Waals surface area contributed by atoms with Crippen LogP contribution in [0.1, 0.15) is 11.1 Å². The molecule has 0 radical (unpaired) electrons. The third kappa shape index (κ3) is 5.78. The molecule has 26 heavy (non-hydrogen) atoms. The first-order valence-corrected chi connectivity index (χ1v) is 8.72. The van der Waals surface area contributed by atoms with Gasteiger partial charge in [-0.05, 0) is 35.4 Å². The van der Waals surface area contributed by atoms with E-state index in [4.69, 9.17) is 15.9 Å². The van der Waals surface area contributed by atoms with Gasteiger partial charge in [0.1, 0.15) is 6.61 Å². The van der Waals surface area contributed by atoms with Gasteiger partial charge in [0.05, 0.1) is 7.11 Å². The number of benzene rings is 2. The van der Waals surface area contributed by atoms with E-state index in [2.05, 4.69) is 27.2 Å². The smallest absolute Gasteiger partial charge is 0.255 e. The first kappa shape index (κ1) is 19.8. The van der Waals surface area contributed by atoms with Crippen LogP contribution in [0.3, 0.4) is 0 Å². The summed E-state index contributed by atoms with van der Waals surface area (Å²) in [6, 6.07) is 12.4. The topological polar surface area (TPSA) is 47.6 Å². The zero-order valence-electron chi connectivity index (χ0n) is 14.3. The minimum Gasteiger partial charge on any atom is -0.493 e. The van der Waals surface area contributed by atoms with Gasteiger partial charge in [0, 0.05) is 17.4 Å². The monoisotopic (exact) mass is 419 g/mol. The van der Waals surface area contributed by atoms with Crippen LogP contribution in [-0.4, -0.2) is 25.8 Å². The molecule has 1 unspecified atom stereocenters. The number of alkyl halides is 1. The Kier molecular flexibility index (Phi) is 7.49. The summed E-state index contributed by atoms with van der Waals surface area (Å²) >= 11 is 3.34. The average Bonchev–Trinajstić information content (AvgIpc) is 2.66. The van der Waals surface area contributed by atoms with Gasteiger partial charge >= 0.3 is 0 Å². The fraction of sp³-hybridized carbons (Fsp3) is 0.250. The van der Waals surface area contributed by atoms with Crippen molar-refractivity contribution < 1.29 is 18.7 Å². The van der Waals surface area contributed by atoms with Gasteiger partial charge in [-0.15, -0.1) is 6.42 Å². The highest BCUT2D eigenvalue weighted by atomic mass is 79.9. The van der Waals surface area contributed by atoms with Gasteiger partial charge in [0.2, 0.25) is 0 Å². The van der Waals surface area contributed by atoms with Gasteiger partial charge in [-0.3, -0.25) is 4.79 Å². The summed E-state index contributed by atoms with van der Waals surface area (Å²) in [6.07, 6.45) is 3.45. The van der Waals surface area contributed by atoms with Crippen LogP contribution < -0.4 is 14.8 Å². The van der Waals surface area contributed by atoms with E-state index in [-0.39, 0.29) is 19.6 Å². The normalized spacial score (nSPS) is 11.3.